The van der Waals surface area contributed by atoms with E-state index < -0.39 is 29.7 Å². The molecule has 3 rings (SSSR count). The quantitative estimate of drug-likeness (QED) is 0.169. The molecule has 0 aromatic heterocycles. The highest BCUT2D eigenvalue weighted by atomic mass is 16.6. The van der Waals surface area contributed by atoms with Gasteiger partial charge in [-0.25, -0.2) is 0 Å². The van der Waals surface area contributed by atoms with Gasteiger partial charge in [0.25, 0.3) is 11.8 Å². The van der Waals surface area contributed by atoms with Gasteiger partial charge in [0.05, 0.1) is 83.8 Å². The second-order valence-corrected chi connectivity index (χ2v) is 8.66. The predicted octanol–water partition coefficient (Wildman–Crippen LogP) is 0.229. The Morgan fingerprint density at radius 3 is 1.92 bits per heavy atom. The first kappa shape index (κ1) is 30.6. The molecule has 1 aromatic carbocycles. The fourth-order valence-electron chi connectivity index (χ4n) is 4.04. The normalized spacial score (nSPS) is 17.1. The van der Waals surface area contributed by atoms with Crippen LogP contribution in [0.5, 0.6) is 0 Å². The first-order chi connectivity index (χ1) is 19.0. The fourth-order valence-corrected chi connectivity index (χ4v) is 4.04. The van der Waals surface area contributed by atoms with Crippen molar-refractivity contribution in [3.05, 3.63) is 29.3 Å². The molecule has 2 N–H and O–H groups in total. The van der Waals surface area contributed by atoms with Crippen molar-refractivity contribution < 1.29 is 47.6 Å². The lowest BCUT2D eigenvalue weighted by atomic mass is 10.0. The largest absolute Gasteiger partial charge is 0.382 e. The second-order valence-electron chi connectivity index (χ2n) is 8.66. The third kappa shape index (κ3) is 9.34. The van der Waals surface area contributed by atoms with Crippen LogP contribution in [0.2, 0.25) is 0 Å². The number of hydrogen-bond acceptors (Lipinski definition) is 11. The van der Waals surface area contributed by atoms with Crippen LogP contribution >= 0.6 is 0 Å². The minimum absolute atomic E-state index is 0.0739. The Hall–Kier alpha value is -2.94. The number of benzene rings is 1. The van der Waals surface area contributed by atoms with Crippen molar-refractivity contribution in [2.75, 3.05) is 91.6 Å². The molecule has 13 heteroatoms. The van der Waals surface area contributed by atoms with E-state index in [9.17, 15) is 19.2 Å². The highest BCUT2D eigenvalue weighted by Gasteiger charge is 2.45. The molecule has 0 spiro atoms. The average molecular weight is 552 g/mol. The fraction of sp³-hybridized carbons (Fsp3) is 0.615. The van der Waals surface area contributed by atoms with Crippen LogP contribution in [0.3, 0.4) is 0 Å². The van der Waals surface area contributed by atoms with Gasteiger partial charge in [-0.2, -0.15) is 0 Å². The van der Waals surface area contributed by atoms with Gasteiger partial charge in [-0.15, -0.1) is 0 Å². The molecule has 1 aromatic rings. The molecule has 1 fully saturated rings. The van der Waals surface area contributed by atoms with Gasteiger partial charge in [0.15, 0.2) is 0 Å². The summed E-state index contributed by atoms with van der Waals surface area (Å²) in [6.45, 7) is 5.58. The number of nitrogens with one attached hydrogen (secondary N) is 2. The van der Waals surface area contributed by atoms with Crippen LogP contribution in [0.1, 0.15) is 33.6 Å². The van der Waals surface area contributed by atoms with E-state index in [4.69, 9.17) is 28.4 Å². The minimum atomic E-state index is -0.999. The number of hydrogen-bond donors (Lipinski definition) is 2. The van der Waals surface area contributed by atoms with Gasteiger partial charge in [-0.1, -0.05) is 6.07 Å². The van der Waals surface area contributed by atoms with E-state index in [0.29, 0.717) is 84.9 Å². The number of amides is 4. The summed E-state index contributed by atoms with van der Waals surface area (Å²) in [7, 11) is 1.63. The van der Waals surface area contributed by atoms with Crippen LogP contribution in [-0.2, 0) is 38.0 Å². The summed E-state index contributed by atoms with van der Waals surface area (Å²) >= 11 is 0. The zero-order chi connectivity index (χ0) is 27.9. The molecule has 4 amide bonds. The molecule has 39 heavy (non-hydrogen) atoms. The van der Waals surface area contributed by atoms with Crippen LogP contribution < -0.4 is 10.6 Å². The topological polar surface area (TPSA) is 151 Å². The van der Waals surface area contributed by atoms with Crippen molar-refractivity contribution in [1.82, 2.24) is 10.2 Å². The molecule has 1 unspecified atom stereocenters. The molecule has 1 saturated heterocycles. The Morgan fingerprint density at radius 2 is 1.36 bits per heavy atom. The van der Waals surface area contributed by atoms with E-state index in [1.165, 1.54) is 0 Å². The Kier molecular flexibility index (Phi) is 13.3. The highest BCUT2D eigenvalue weighted by Crippen LogP contribution is 2.32. The third-order valence-electron chi connectivity index (χ3n) is 5.95. The molecular weight excluding hydrogens is 514 g/mol. The number of rotatable bonds is 20. The summed E-state index contributed by atoms with van der Waals surface area (Å²) in [6, 6.07) is 3.92. The van der Waals surface area contributed by atoms with E-state index in [1.807, 2.05) is 0 Å². The van der Waals surface area contributed by atoms with E-state index in [0.717, 1.165) is 4.90 Å². The summed E-state index contributed by atoms with van der Waals surface area (Å²) in [5.41, 5.74) is 0.932. The molecule has 13 nitrogen and oxygen atoms in total. The lowest BCUT2D eigenvalue weighted by molar-refractivity contribution is -0.136. The van der Waals surface area contributed by atoms with E-state index in [1.54, 1.807) is 25.3 Å². The Morgan fingerprint density at radius 1 is 0.795 bits per heavy atom. The van der Waals surface area contributed by atoms with Gasteiger partial charge in [-0.05, 0) is 18.6 Å². The first-order valence-electron chi connectivity index (χ1n) is 13.0. The zero-order valence-electron chi connectivity index (χ0n) is 22.2. The Bertz CT molecular complexity index is 973. The van der Waals surface area contributed by atoms with Gasteiger partial charge in [0.2, 0.25) is 11.8 Å². The van der Waals surface area contributed by atoms with Crippen LogP contribution in [0.4, 0.5) is 5.69 Å². The number of methoxy groups -OCH3 is 1. The maximum atomic E-state index is 13.1. The number of ether oxygens (including phenoxy) is 6. The number of nitrogens with zero attached hydrogens (tertiary/aromatic N) is 1. The lowest BCUT2D eigenvalue weighted by Crippen LogP contribution is -2.54. The maximum absolute atomic E-state index is 13.1. The van der Waals surface area contributed by atoms with E-state index in [-0.39, 0.29) is 24.0 Å². The second kappa shape index (κ2) is 16.9. The van der Waals surface area contributed by atoms with Gasteiger partial charge in [0, 0.05) is 25.8 Å². The van der Waals surface area contributed by atoms with Crippen LogP contribution in [0, 0.1) is 0 Å². The van der Waals surface area contributed by atoms with Crippen LogP contribution in [-0.4, -0.2) is 121 Å². The number of carbonyl (C=O) groups excluding carboxylic acids is 4. The van der Waals surface area contributed by atoms with Crippen LogP contribution in [0.25, 0.3) is 0 Å². The lowest BCUT2D eigenvalue weighted by Gasteiger charge is -2.27. The Labute approximate surface area is 227 Å². The van der Waals surface area contributed by atoms with Crippen molar-refractivity contribution in [1.29, 1.82) is 0 Å². The van der Waals surface area contributed by atoms with Crippen molar-refractivity contribution in [3.8, 4) is 0 Å². The first-order valence-corrected chi connectivity index (χ1v) is 13.0. The standard InChI is InChI=1S/C26H37N3O10/c1-34-9-10-36-13-14-38-17-18-39-16-15-37-12-11-35-8-7-27-20-4-2-3-19-23(20)26(33)29(25(19)32)21-5-6-22(30)28-24(21)31/h2-4,21,27H,5-18H2,1H3,(H,28,30,31). The number of piperidine rings is 1. The molecule has 0 bridgehead atoms. The number of imide groups is 2. The minimum Gasteiger partial charge on any atom is -0.382 e. The molecule has 216 valence electrons. The summed E-state index contributed by atoms with van der Waals surface area (Å²) < 4.78 is 32.0. The molecule has 0 saturated carbocycles. The monoisotopic (exact) mass is 551 g/mol. The van der Waals surface area contributed by atoms with E-state index in [2.05, 4.69) is 10.6 Å². The average Bonchev–Trinajstić information content (AvgIpc) is 3.18. The molecule has 0 radical (unpaired) electrons. The summed E-state index contributed by atoms with van der Waals surface area (Å²) in [6.07, 6.45) is 0.186. The molecule has 1 atom stereocenters. The van der Waals surface area contributed by atoms with Gasteiger partial charge in [-0.3, -0.25) is 29.4 Å². The molecule has 2 heterocycles. The summed E-state index contributed by atoms with van der Waals surface area (Å²) in [5.74, 6) is -2.14. The highest BCUT2D eigenvalue weighted by molar-refractivity contribution is 6.25. The van der Waals surface area contributed by atoms with Crippen molar-refractivity contribution >= 4 is 29.3 Å². The third-order valence-corrected chi connectivity index (χ3v) is 5.95. The van der Waals surface area contributed by atoms with Gasteiger partial charge in [0.1, 0.15) is 6.04 Å². The molecular formula is C26H37N3O10. The molecule has 0 aliphatic carbocycles. The SMILES string of the molecule is COCCOCCOCCOCCOCCOCCNc1cccc2c1C(=O)N(C1CCC(=O)NC1=O)C2=O. The zero-order valence-corrected chi connectivity index (χ0v) is 22.2. The summed E-state index contributed by atoms with van der Waals surface area (Å²) in [4.78, 5) is 50.6. The molecule has 2 aliphatic rings. The number of carbonyl (C=O) groups is 4. The Balaban J connectivity index is 1.24. The van der Waals surface area contributed by atoms with Gasteiger partial charge >= 0.3 is 0 Å². The van der Waals surface area contributed by atoms with Crippen molar-refractivity contribution in [2.45, 2.75) is 18.9 Å². The van der Waals surface area contributed by atoms with Crippen molar-refractivity contribution in [2.24, 2.45) is 0 Å². The maximum Gasteiger partial charge on any atom is 0.264 e. The number of anilines is 1. The smallest absolute Gasteiger partial charge is 0.264 e. The summed E-state index contributed by atoms with van der Waals surface area (Å²) in [5, 5.41) is 5.32. The van der Waals surface area contributed by atoms with Crippen molar-refractivity contribution in [3.63, 3.8) is 0 Å². The predicted molar refractivity (Wildman–Crippen MR) is 138 cm³/mol. The van der Waals surface area contributed by atoms with Gasteiger partial charge < -0.3 is 33.7 Å². The van der Waals surface area contributed by atoms with E-state index >= 15 is 0 Å². The molecule has 2 aliphatic heterocycles. The number of fused-ring (bicyclic) bond motifs is 1. The van der Waals surface area contributed by atoms with Crippen LogP contribution in [0.15, 0.2) is 18.2 Å².